The molecule has 3 N–H and O–H groups in total. The zero-order valence-corrected chi connectivity index (χ0v) is 12.0. The molecule has 114 valence electrons. The normalized spacial score (nSPS) is 15.3. The van der Waals surface area contributed by atoms with E-state index in [1.165, 1.54) is 0 Å². The number of carbonyl (C=O) groups is 2. The lowest BCUT2D eigenvalue weighted by atomic mass is 10.0. The minimum atomic E-state index is -0.963. The van der Waals surface area contributed by atoms with Crippen LogP contribution in [0, 0.1) is 0 Å². The van der Waals surface area contributed by atoms with Crippen molar-refractivity contribution in [3.8, 4) is 0 Å². The first kappa shape index (κ1) is 14.3. The fourth-order valence-corrected chi connectivity index (χ4v) is 2.40. The Kier molecular flexibility index (Phi) is 3.91. The van der Waals surface area contributed by atoms with E-state index in [1.807, 2.05) is 18.2 Å². The molecule has 0 saturated heterocycles. The van der Waals surface area contributed by atoms with Gasteiger partial charge in [0.1, 0.15) is 5.69 Å². The van der Waals surface area contributed by atoms with Crippen molar-refractivity contribution in [2.75, 3.05) is 0 Å². The lowest BCUT2D eigenvalue weighted by Gasteiger charge is -2.16. The van der Waals surface area contributed by atoms with Crippen molar-refractivity contribution in [2.24, 2.45) is 0 Å². The first-order valence-corrected chi connectivity index (χ1v) is 7.26. The Morgan fingerprint density at radius 3 is 2.68 bits per heavy atom. The summed E-state index contributed by atoms with van der Waals surface area (Å²) < 4.78 is 0. The summed E-state index contributed by atoms with van der Waals surface area (Å²) in [5, 5.41) is 18.7. The zero-order valence-electron chi connectivity index (χ0n) is 12.0. The second-order valence-corrected chi connectivity index (χ2v) is 5.52. The molecule has 0 radical (unpaired) electrons. The van der Waals surface area contributed by atoms with E-state index >= 15 is 0 Å². The third-order valence-electron chi connectivity index (χ3n) is 3.73. The van der Waals surface area contributed by atoms with Gasteiger partial charge in [0, 0.05) is 11.6 Å². The molecule has 1 fully saturated rings. The second kappa shape index (κ2) is 6.01. The highest BCUT2D eigenvalue weighted by Gasteiger charge is 2.27. The molecule has 2 aromatic rings. The van der Waals surface area contributed by atoms with E-state index in [0.717, 1.165) is 24.1 Å². The molecule has 0 aliphatic heterocycles. The number of rotatable bonds is 6. The first-order chi connectivity index (χ1) is 10.6. The predicted molar refractivity (Wildman–Crippen MR) is 79.5 cm³/mol. The molecule has 1 aliphatic carbocycles. The van der Waals surface area contributed by atoms with Crippen LogP contribution in [0.4, 0.5) is 0 Å². The summed E-state index contributed by atoms with van der Waals surface area (Å²) >= 11 is 0. The Labute approximate surface area is 127 Å². The molecule has 0 bridgehead atoms. The van der Waals surface area contributed by atoms with Crippen LogP contribution in [0.2, 0.25) is 0 Å². The highest BCUT2D eigenvalue weighted by atomic mass is 16.4. The number of aliphatic carboxylic acids is 1. The van der Waals surface area contributed by atoms with Gasteiger partial charge in [-0.3, -0.25) is 14.7 Å². The zero-order chi connectivity index (χ0) is 15.5. The average molecular weight is 299 g/mol. The van der Waals surface area contributed by atoms with E-state index in [2.05, 4.69) is 15.5 Å². The van der Waals surface area contributed by atoms with Gasteiger partial charge in [0.25, 0.3) is 5.91 Å². The van der Waals surface area contributed by atoms with E-state index in [0.29, 0.717) is 11.6 Å². The lowest BCUT2D eigenvalue weighted by Crippen LogP contribution is -2.30. The number of H-pyrrole nitrogens is 1. The summed E-state index contributed by atoms with van der Waals surface area (Å²) in [6.45, 7) is 0. The minimum absolute atomic E-state index is 0.171. The van der Waals surface area contributed by atoms with Crippen LogP contribution >= 0.6 is 0 Å². The number of carboxylic acid groups (broad SMARTS) is 1. The summed E-state index contributed by atoms with van der Waals surface area (Å²) in [6.07, 6.45) is 2.07. The maximum absolute atomic E-state index is 12.3. The van der Waals surface area contributed by atoms with Crippen LogP contribution < -0.4 is 5.32 Å². The van der Waals surface area contributed by atoms with Crippen LogP contribution in [0.15, 0.2) is 36.4 Å². The molecule has 6 nitrogen and oxygen atoms in total. The molecule has 0 spiro atoms. The molecule has 6 heteroatoms. The SMILES string of the molecule is O=C(O)CC(NC(=O)c1cc(C2CC2)[nH]n1)c1ccccc1. The van der Waals surface area contributed by atoms with E-state index in [-0.39, 0.29) is 12.3 Å². The summed E-state index contributed by atoms with van der Waals surface area (Å²) in [6, 6.07) is 10.2. The minimum Gasteiger partial charge on any atom is -0.481 e. The van der Waals surface area contributed by atoms with E-state index in [1.54, 1.807) is 18.2 Å². The highest BCUT2D eigenvalue weighted by molar-refractivity contribution is 5.93. The largest absolute Gasteiger partial charge is 0.481 e. The third-order valence-corrected chi connectivity index (χ3v) is 3.73. The molecule has 1 atom stereocenters. The van der Waals surface area contributed by atoms with Crippen molar-refractivity contribution >= 4 is 11.9 Å². The van der Waals surface area contributed by atoms with Crippen LogP contribution in [0.1, 0.15) is 53.0 Å². The van der Waals surface area contributed by atoms with Crippen molar-refractivity contribution in [3.05, 3.63) is 53.3 Å². The molecule has 1 aliphatic rings. The van der Waals surface area contributed by atoms with Gasteiger partial charge in [-0.15, -0.1) is 0 Å². The Morgan fingerprint density at radius 1 is 1.32 bits per heavy atom. The topological polar surface area (TPSA) is 95.1 Å². The highest BCUT2D eigenvalue weighted by Crippen LogP contribution is 2.39. The van der Waals surface area contributed by atoms with E-state index < -0.39 is 12.0 Å². The van der Waals surface area contributed by atoms with Gasteiger partial charge in [0.15, 0.2) is 0 Å². The third kappa shape index (κ3) is 3.33. The van der Waals surface area contributed by atoms with Crippen molar-refractivity contribution in [1.29, 1.82) is 0 Å². The first-order valence-electron chi connectivity index (χ1n) is 7.26. The molecule has 1 amide bonds. The summed E-state index contributed by atoms with van der Waals surface area (Å²) in [4.78, 5) is 23.3. The molecule has 1 heterocycles. The van der Waals surface area contributed by atoms with Crippen LogP contribution in [-0.2, 0) is 4.79 Å². The summed E-state index contributed by atoms with van der Waals surface area (Å²) in [5.41, 5.74) is 2.03. The molecule has 1 aromatic carbocycles. The quantitative estimate of drug-likeness (QED) is 0.762. The van der Waals surface area contributed by atoms with Crippen LogP contribution in [0.5, 0.6) is 0 Å². The number of hydrogen-bond acceptors (Lipinski definition) is 3. The van der Waals surface area contributed by atoms with Crippen LogP contribution in [0.25, 0.3) is 0 Å². The standard InChI is InChI=1S/C16H17N3O3/c20-15(21)9-12(10-4-2-1-3-5-10)17-16(22)14-8-13(18-19-14)11-6-7-11/h1-5,8,11-12H,6-7,9H2,(H,17,22)(H,18,19)(H,20,21). The molecule has 22 heavy (non-hydrogen) atoms. The number of nitrogens with one attached hydrogen (secondary N) is 2. The lowest BCUT2D eigenvalue weighted by molar-refractivity contribution is -0.137. The van der Waals surface area contributed by atoms with Gasteiger partial charge in [-0.25, -0.2) is 0 Å². The number of amides is 1. The number of carbonyl (C=O) groups excluding carboxylic acids is 1. The number of benzene rings is 1. The van der Waals surface area contributed by atoms with Crippen LogP contribution in [-0.4, -0.2) is 27.2 Å². The number of nitrogens with zero attached hydrogens (tertiary/aromatic N) is 1. The van der Waals surface area contributed by atoms with Gasteiger partial charge >= 0.3 is 5.97 Å². The maximum Gasteiger partial charge on any atom is 0.305 e. The molecule has 1 aromatic heterocycles. The average Bonchev–Trinajstić information content (AvgIpc) is 3.24. The van der Waals surface area contributed by atoms with E-state index in [4.69, 9.17) is 5.11 Å². The van der Waals surface area contributed by atoms with Gasteiger partial charge in [-0.1, -0.05) is 30.3 Å². The molecular formula is C16H17N3O3. The van der Waals surface area contributed by atoms with Crippen molar-refractivity contribution in [1.82, 2.24) is 15.5 Å². The Bertz CT molecular complexity index is 677. The second-order valence-electron chi connectivity index (χ2n) is 5.52. The van der Waals surface area contributed by atoms with Gasteiger partial charge in [0.2, 0.25) is 0 Å². The number of aromatic nitrogens is 2. The smallest absolute Gasteiger partial charge is 0.305 e. The Balaban J connectivity index is 1.73. The molecule has 3 rings (SSSR count). The Hall–Kier alpha value is -2.63. The number of carboxylic acids is 1. The van der Waals surface area contributed by atoms with Gasteiger partial charge in [-0.05, 0) is 24.5 Å². The van der Waals surface area contributed by atoms with Crippen molar-refractivity contribution in [3.63, 3.8) is 0 Å². The summed E-state index contributed by atoms with van der Waals surface area (Å²) in [7, 11) is 0. The predicted octanol–water partition coefficient (Wildman–Crippen LogP) is 2.23. The number of aromatic amines is 1. The van der Waals surface area contributed by atoms with Crippen molar-refractivity contribution in [2.45, 2.75) is 31.2 Å². The van der Waals surface area contributed by atoms with Crippen LogP contribution in [0.3, 0.4) is 0 Å². The molecular weight excluding hydrogens is 282 g/mol. The maximum atomic E-state index is 12.3. The Morgan fingerprint density at radius 2 is 2.05 bits per heavy atom. The monoisotopic (exact) mass is 299 g/mol. The summed E-state index contributed by atoms with van der Waals surface area (Å²) in [5.74, 6) is -0.842. The van der Waals surface area contributed by atoms with Gasteiger partial charge in [-0.2, -0.15) is 5.10 Å². The number of hydrogen-bond donors (Lipinski definition) is 3. The fraction of sp³-hybridized carbons (Fsp3) is 0.312. The molecule has 1 unspecified atom stereocenters. The molecule has 1 saturated carbocycles. The van der Waals surface area contributed by atoms with E-state index in [9.17, 15) is 9.59 Å². The van der Waals surface area contributed by atoms with Crippen molar-refractivity contribution < 1.29 is 14.7 Å². The van der Waals surface area contributed by atoms with Gasteiger partial charge in [0.05, 0.1) is 12.5 Å². The van der Waals surface area contributed by atoms with Gasteiger partial charge < -0.3 is 10.4 Å². The fourth-order valence-electron chi connectivity index (χ4n) is 2.40.